The van der Waals surface area contributed by atoms with Crippen molar-refractivity contribution in [3.8, 4) is 17.4 Å². The van der Waals surface area contributed by atoms with E-state index < -0.39 is 0 Å². The van der Waals surface area contributed by atoms with Gasteiger partial charge < -0.3 is 18.5 Å². The summed E-state index contributed by atoms with van der Waals surface area (Å²) in [5, 5.41) is 11.3. The predicted molar refractivity (Wildman–Crippen MR) is 109 cm³/mol. The van der Waals surface area contributed by atoms with Crippen LogP contribution in [0.3, 0.4) is 0 Å². The monoisotopic (exact) mass is 392 g/mol. The van der Waals surface area contributed by atoms with E-state index in [1.165, 1.54) is 0 Å². The first-order valence-corrected chi connectivity index (χ1v) is 9.13. The number of hydrogen-bond acceptors (Lipinski definition) is 7. The van der Waals surface area contributed by atoms with E-state index in [4.69, 9.17) is 13.6 Å². The van der Waals surface area contributed by atoms with Gasteiger partial charge in [0.15, 0.2) is 17.1 Å². The number of nitrogens with zero attached hydrogens (tertiary/aromatic N) is 3. The van der Waals surface area contributed by atoms with Crippen molar-refractivity contribution in [1.29, 1.82) is 0 Å². The first-order chi connectivity index (χ1) is 14.0. The Labute approximate surface area is 167 Å². The highest BCUT2D eigenvalue weighted by Crippen LogP contribution is 2.33. The number of furan rings is 1. The van der Waals surface area contributed by atoms with Crippen molar-refractivity contribution in [2.45, 2.75) is 6.92 Å². The van der Waals surface area contributed by atoms with Gasteiger partial charge in [-0.15, -0.1) is 5.10 Å². The number of amides is 1. The Morgan fingerprint density at radius 3 is 2.62 bits per heavy atom. The molecule has 0 spiro atoms. The van der Waals surface area contributed by atoms with E-state index in [0.29, 0.717) is 29.3 Å². The van der Waals surface area contributed by atoms with Gasteiger partial charge in [-0.1, -0.05) is 17.2 Å². The molecule has 29 heavy (non-hydrogen) atoms. The Hall–Kier alpha value is -3.81. The SMILES string of the molecule is CCOc1cccc2cc(-c3nnc(NC(=O)c4ccc(N(C)C)cc4)o3)oc12. The van der Waals surface area contributed by atoms with Crippen LogP contribution in [0.25, 0.3) is 22.6 Å². The summed E-state index contributed by atoms with van der Waals surface area (Å²) >= 11 is 0. The molecule has 0 unspecified atom stereocenters. The molecular formula is C21H20N4O4. The molecule has 4 rings (SSSR count). The highest BCUT2D eigenvalue weighted by atomic mass is 16.5. The molecular weight excluding hydrogens is 372 g/mol. The Morgan fingerprint density at radius 1 is 1.10 bits per heavy atom. The Kier molecular flexibility index (Phi) is 4.90. The lowest BCUT2D eigenvalue weighted by Crippen LogP contribution is -2.13. The first-order valence-electron chi connectivity index (χ1n) is 9.13. The van der Waals surface area contributed by atoms with E-state index in [0.717, 1.165) is 11.1 Å². The van der Waals surface area contributed by atoms with Gasteiger partial charge in [-0.05, 0) is 43.3 Å². The normalized spacial score (nSPS) is 10.9. The summed E-state index contributed by atoms with van der Waals surface area (Å²) in [6, 6.07) is 14.6. The van der Waals surface area contributed by atoms with Crippen LogP contribution in [0.5, 0.6) is 5.75 Å². The number of benzene rings is 2. The summed E-state index contributed by atoms with van der Waals surface area (Å²) in [5.41, 5.74) is 2.09. The number of fused-ring (bicyclic) bond motifs is 1. The largest absolute Gasteiger partial charge is 0.490 e. The van der Waals surface area contributed by atoms with E-state index in [1.807, 2.05) is 56.3 Å². The first kappa shape index (κ1) is 18.5. The summed E-state index contributed by atoms with van der Waals surface area (Å²) in [4.78, 5) is 14.4. The smallest absolute Gasteiger partial charge is 0.322 e. The Bertz CT molecular complexity index is 1150. The molecule has 8 nitrogen and oxygen atoms in total. The Balaban J connectivity index is 1.53. The molecule has 4 aromatic rings. The second-order valence-corrected chi connectivity index (χ2v) is 6.53. The molecule has 2 heterocycles. The van der Waals surface area contributed by atoms with Crippen LogP contribution in [0.15, 0.2) is 57.4 Å². The van der Waals surface area contributed by atoms with Crippen molar-refractivity contribution in [3.05, 3.63) is 54.1 Å². The number of nitrogens with one attached hydrogen (secondary N) is 1. The van der Waals surface area contributed by atoms with Crippen molar-refractivity contribution >= 4 is 28.6 Å². The van der Waals surface area contributed by atoms with Gasteiger partial charge in [0.25, 0.3) is 11.8 Å². The van der Waals surface area contributed by atoms with Gasteiger partial charge in [0, 0.05) is 30.7 Å². The topological polar surface area (TPSA) is 93.6 Å². The van der Waals surface area contributed by atoms with Crippen LogP contribution < -0.4 is 15.0 Å². The lowest BCUT2D eigenvalue weighted by atomic mass is 10.2. The van der Waals surface area contributed by atoms with Gasteiger partial charge in [0.2, 0.25) is 0 Å². The van der Waals surface area contributed by atoms with Crippen molar-refractivity contribution in [2.75, 3.05) is 30.9 Å². The summed E-state index contributed by atoms with van der Waals surface area (Å²) in [7, 11) is 3.87. The number of ether oxygens (including phenoxy) is 1. The zero-order chi connectivity index (χ0) is 20.4. The van der Waals surface area contributed by atoms with Crippen molar-refractivity contribution in [1.82, 2.24) is 10.2 Å². The van der Waals surface area contributed by atoms with Crippen LogP contribution in [-0.4, -0.2) is 36.8 Å². The van der Waals surface area contributed by atoms with E-state index in [9.17, 15) is 4.79 Å². The van der Waals surface area contributed by atoms with Crippen molar-refractivity contribution in [2.24, 2.45) is 0 Å². The third kappa shape index (κ3) is 3.77. The average molecular weight is 392 g/mol. The maximum atomic E-state index is 12.4. The summed E-state index contributed by atoms with van der Waals surface area (Å²) in [6.45, 7) is 2.44. The standard InChI is InChI=1S/C21H20N4O4/c1-4-27-16-7-5-6-14-12-17(28-18(14)16)20-23-24-21(29-20)22-19(26)13-8-10-15(11-9-13)25(2)3/h5-12H,4H2,1-3H3,(H,22,24,26). The summed E-state index contributed by atoms with van der Waals surface area (Å²) in [5.74, 6) is 0.872. The van der Waals surface area contributed by atoms with E-state index in [1.54, 1.807) is 18.2 Å². The van der Waals surface area contributed by atoms with Crippen LogP contribution >= 0.6 is 0 Å². The molecule has 0 radical (unpaired) electrons. The third-order valence-electron chi connectivity index (χ3n) is 4.31. The molecule has 0 saturated heterocycles. The molecule has 0 atom stereocenters. The zero-order valence-electron chi connectivity index (χ0n) is 16.3. The Morgan fingerprint density at radius 2 is 1.90 bits per heavy atom. The van der Waals surface area contributed by atoms with Crippen LogP contribution in [0.1, 0.15) is 17.3 Å². The van der Waals surface area contributed by atoms with Gasteiger partial charge in [0.1, 0.15) is 0 Å². The number of anilines is 2. The van der Waals surface area contributed by atoms with E-state index in [-0.39, 0.29) is 17.8 Å². The van der Waals surface area contributed by atoms with E-state index in [2.05, 4.69) is 15.5 Å². The minimum Gasteiger partial charge on any atom is -0.490 e. The number of carbonyl (C=O) groups is 1. The molecule has 8 heteroatoms. The van der Waals surface area contributed by atoms with Gasteiger partial charge in [-0.3, -0.25) is 10.1 Å². The van der Waals surface area contributed by atoms with Gasteiger partial charge in [-0.25, -0.2) is 0 Å². The summed E-state index contributed by atoms with van der Waals surface area (Å²) in [6.07, 6.45) is 0. The molecule has 2 aromatic heterocycles. The molecule has 1 N–H and O–H groups in total. The number of para-hydroxylation sites is 1. The highest BCUT2D eigenvalue weighted by molar-refractivity contribution is 6.03. The molecule has 0 saturated carbocycles. The number of rotatable bonds is 6. The molecule has 0 aliphatic heterocycles. The number of hydrogen-bond donors (Lipinski definition) is 1. The van der Waals surface area contributed by atoms with Crippen LogP contribution in [0.2, 0.25) is 0 Å². The number of carbonyl (C=O) groups excluding carboxylic acids is 1. The van der Waals surface area contributed by atoms with Crippen molar-refractivity contribution in [3.63, 3.8) is 0 Å². The number of aromatic nitrogens is 2. The molecule has 1 amide bonds. The molecule has 2 aromatic carbocycles. The van der Waals surface area contributed by atoms with Crippen LogP contribution in [0, 0.1) is 0 Å². The fourth-order valence-corrected chi connectivity index (χ4v) is 2.86. The minimum atomic E-state index is -0.339. The second kappa shape index (κ2) is 7.67. The van der Waals surface area contributed by atoms with Crippen LogP contribution in [0.4, 0.5) is 11.7 Å². The van der Waals surface area contributed by atoms with Gasteiger partial charge >= 0.3 is 6.01 Å². The molecule has 0 fully saturated rings. The lowest BCUT2D eigenvalue weighted by Gasteiger charge is -2.12. The molecule has 0 bridgehead atoms. The highest BCUT2D eigenvalue weighted by Gasteiger charge is 2.17. The van der Waals surface area contributed by atoms with Crippen molar-refractivity contribution < 1.29 is 18.4 Å². The predicted octanol–water partition coefficient (Wildman–Crippen LogP) is 4.20. The maximum absolute atomic E-state index is 12.4. The van der Waals surface area contributed by atoms with Crippen LogP contribution in [-0.2, 0) is 0 Å². The summed E-state index contributed by atoms with van der Waals surface area (Å²) < 4.78 is 17.0. The fourth-order valence-electron chi connectivity index (χ4n) is 2.86. The van der Waals surface area contributed by atoms with E-state index >= 15 is 0 Å². The minimum absolute atomic E-state index is 0.00725. The zero-order valence-corrected chi connectivity index (χ0v) is 16.3. The molecule has 0 aliphatic carbocycles. The second-order valence-electron chi connectivity index (χ2n) is 6.53. The van der Waals surface area contributed by atoms with Gasteiger partial charge in [0.05, 0.1) is 6.61 Å². The lowest BCUT2D eigenvalue weighted by molar-refractivity contribution is 0.102. The molecule has 0 aliphatic rings. The fraction of sp³-hybridized carbons (Fsp3) is 0.190. The maximum Gasteiger partial charge on any atom is 0.322 e. The molecule has 148 valence electrons. The third-order valence-corrected chi connectivity index (χ3v) is 4.31. The van der Waals surface area contributed by atoms with Gasteiger partial charge in [-0.2, -0.15) is 0 Å². The quantitative estimate of drug-likeness (QED) is 0.525. The average Bonchev–Trinajstić information content (AvgIpc) is 3.35.